The average Bonchev–Trinajstić information content (AvgIpc) is 3.42. The van der Waals surface area contributed by atoms with Crippen molar-refractivity contribution in [3.05, 3.63) is 33.7 Å². The number of fused-ring (bicyclic) bond motifs is 1. The maximum atomic E-state index is 13.1. The third-order valence-electron chi connectivity index (χ3n) is 4.85. The number of hydrogen-bond donors (Lipinski definition) is 3. The number of thioether (sulfide) groups is 2. The Balaban J connectivity index is 1.56. The van der Waals surface area contributed by atoms with E-state index in [1.165, 1.54) is 39.5 Å². The van der Waals surface area contributed by atoms with Gasteiger partial charge in [0.05, 0.1) is 6.42 Å². The van der Waals surface area contributed by atoms with Crippen LogP contribution < -0.4 is 10.6 Å². The molecule has 3 amide bonds. The minimum Gasteiger partial charge on any atom is -0.477 e. The number of carboxylic acid groups (broad SMARTS) is 1. The first-order chi connectivity index (χ1) is 15.4. The normalized spacial score (nSPS) is 22.2. The van der Waals surface area contributed by atoms with E-state index in [0.29, 0.717) is 17.1 Å². The number of rotatable bonds is 9. The van der Waals surface area contributed by atoms with Crippen LogP contribution in [0, 0.1) is 0 Å². The Bertz CT molecular complexity index is 1100. The van der Waals surface area contributed by atoms with Crippen LogP contribution in [0.5, 0.6) is 0 Å². The standard InChI is InChI=1S/C17H17N7O5S3/c1-23-16(20-21-22-23)32-7-9-6-31-15-17(18-8-25,14(29)24(15)12(9)13(27)28)19-11(26)5-10-3-2-4-30-10/h2-4,8,15H,5-7H2,1H3,(H,18,25)(H,19,26)(H,27,28)/t15-,17+/m0/s1. The molecule has 15 heteroatoms. The van der Waals surface area contributed by atoms with Gasteiger partial charge in [-0.2, -0.15) is 0 Å². The van der Waals surface area contributed by atoms with Crippen LogP contribution >= 0.6 is 34.9 Å². The number of amides is 3. The summed E-state index contributed by atoms with van der Waals surface area (Å²) in [4.78, 5) is 50.9. The van der Waals surface area contributed by atoms with Gasteiger partial charge in [0.15, 0.2) is 0 Å². The highest BCUT2D eigenvalue weighted by molar-refractivity contribution is 8.01. The number of nitrogens with one attached hydrogen (secondary N) is 2. The predicted octanol–water partition coefficient (Wildman–Crippen LogP) is -0.581. The van der Waals surface area contributed by atoms with E-state index in [2.05, 4.69) is 26.2 Å². The van der Waals surface area contributed by atoms with Crippen molar-refractivity contribution in [3.63, 3.8) is 0 Å². The number of aromatic nitrogens is 4. The summed E-state index contributed by atoms with van der Waals surface area (Å²) in [5, 5.41) is 27.5. The van der Waals surface area contributed by atoms with Crippen molar-refractivity contribution < 1.29 is 24.3 Å². The van der Waals surface area contributed by atoms with E-state index in [0.717, 1.165) is 9.78 Å². The summed E-state index contributed by atoms with van der Waals surface area (Å²) in [6, 6.07) is 3.59. The summed E-state index contributed by atoms with van der Waals surface area (Å²) in [6.07, 6.45) is 0.373. The molecule has 32 heavy (non-hydrogen) atoms. The molecule has 0 unspecified atom stereocenters. The molecule has 168 valence electrons. The Kier molecular flexibility index (Phi) is 6.21. The molecular formula is C17H17N7O5S3. The summed E-state index contributed by atoms with van der Waals surface area (Å²) in [5.41, 5.74) is -1.34. The van der Waals surface area contributed by atoms with Gasteiger partial charge in [-0.05, 0) is 27.4 Å². The summed E-state index contributed by atoms with van der Waals surface area (Å²) in [7, 11) is 1.66. The number of aryl methyl sites for hydroxylation is 1. The van der Waals surface area contributed by atoms with E-state index in [1.54, 1.807) is 19.2 Å². The second-order valence-electron chi connectivity index (χ2n) is 6.84. The maximum Gasteiger partial charge on any atom is 0.352 e. The lowest BCUT2D eigenvalue weighted by Crippen LogP contribution is -2.85. The Hall–Kier alpha value is -2.91. The number of carbonyl (C=O) groups excluding carboxylic acids is 3. The molecule has 1 fully saturated rings. The van der Waals surface area contributed by atoms with Gasteiger partial charge < -0.3 is 15.7 Å². The average molecular weight is 496 g/mol. The number of tetrazole rings is 1. The van der Waals surface area contributed by atoms with Crippen LogP contribution in [0.1, 0.15) is 4.88 Å². The zero-order valence-electron chi connectivity index (χ0n) is 16.5. The Morgan fingerprint density at radius 1 is 1.47 bits per heavy atom. The van der Waals surface area contributed by atoms with Gasteiger partial charge >= 0.3 is 5.97 Å². The highest BCUT2D eigenvalue weighted by atomic mass is 32.2. The minimum absolute atomic E-state index is 0.0415. The predicted molar refractivity (Wildman–Crippen MR) is 115 cm³/mol. The molecule has 0 radical (unpaired) electrons. The van der Waals surface area contributed by atoms with Crippen LogP contribution in [0.25, 0.3) is 0 Å². The molecular weight excluding hydrogens is 478 g/mol. The van der Waals surface area contributed by atoms with E-state index in [4.69, 9.17) is 0 Å². The van der Waals surface area contributed by atoms with Crippen molar-refractivity contribution in [2.75, 3.05) is 11.5 Å². The van der Waals surface area contributed by atoms with Gasteiger partial charge in [-0.3, -0.25) is 19.3 Å². The highest BCUT2D eigenvalue weighted by Crippen LogP contribution is 2.45. The van der Waals surface area contributed by atoms with Gasteiger partial charge in [-0.1, -0.05) is 17.8 Å². The monoisotopic (exact) mass is 495 g/mol. The van der Waals surface area contributed by atoms with Crippen molar-refractivity contribution in [3.8, 4) is 0 Å². The molecule has 0 spiro atoms. The van der Waals surface area contributed by atoms with Crippen LogP contribution in [-0.4, -0.2) is 76.9 Å². The van der Waals surface area contributed by atoms with E-state index < -0.39 is 28.8 Å². The summed E-state index contributed by atoms with van der Waals surface area (Å²) in [6.45, 7) is 0. The molecule has 12 nitrogen and oxygen atoms in total. The molecule has 2 aliphatic rings. The lowest BCUT2D eigenvalue weighted by atomic mass is 9.95. The summed E-state index contributed by atoms with van der Waals surface area (Å²) in [5.74, 6) is -1.87. The topological polar surface area (TPSA) is 159 Å². The second-order valence-corrected chi connectivity index (χ2v) is 9.89. The van der Waals surface area contributed by atoms with Crippen molar-refractivity contribution in [1.82, 2.24) is 35.7 Å². The second kappa shape index (κ2) is 8.91. The van der Waals surface area contributed by atoms with Crippen molar-refractivity contribution in [2.45, 2.75) is 22.6 Å². The number of β-lactam (4-membered cyclic amide) rings is 1. The van der Waals surface area contributed by atoms with Crippen molar-refractivity contribution in [1.29, 1.82) is 0 Å². The molecule has 2 aromatic heterocycles. The van der Waals surface area contributed by atoms with Crippen molar-refractivity contribution >= 4 is 59.1 Å². The number of nitrogens with zero attached hydrogens (tertiary/aromatic N) is 5. The quantitative estimate of drug-likeness (QED) is 0.178. The molecule has 2 atom stereocenters. The number of carboxylic acids is 1. The molecule has 4 heterocycles. The molecule has 4 rings (SSSR count). The van der Waals surface area contributed by atoms with E-state index in [-0.39, 0.29) is 23.6 Å². The van der Waals surface area contributed by atoms with Gasteiger partial charge in [-0.15, -0.1) is 28.2 Å². The van der Waals surface area contributed by atoms with Gasteiger partial charge in [0.25, 0.3) is 5.91 Å². The van der Waals surface area contributed by atoms with Gasteiger partial charge in [0.2, 0.25) is 23.1 Å². The molecule has 1 saturated heterocycles. The molecule has 2 aromatic rings. The van der Waals surface area contributed by atoms with E-state index in [1.807, 2.05) is 5.38 Å². The van der Waals surface area contributed by atoms with E-state index in [9.17, 15) is 24.3 Å². The summed E-state index contributed by atoms with van der Waals surface area (Å²) < 4.78 is 1.46. The third-order valence-corrected chi connectivity index (χ3v) is 8.22. The van der Waals surface area contributed by atoms with Crippen LogP contribution in [0.3, 0.4) is 0 Å². The molecule has 0 aliphatic carbocycles. The number of aliphatic carboxylic acids is 1. The summed E-state index contributed by atoms with van der Waals surface area (Å²) >= 11 is 3.90. The van der Waals surface area contributed by atoms with Crippen LogP contribution in [0.15, 0.2) is 33.9 Å². The largest absolute Gasteiger partial charge is 0.477 e. The fourth-order valence-corrected chi connectivity index (χ4v) is 6.56. The van der Waals surface area contributed by atoms with Gasteiger partial charge in [0, 0.05) is 23.4 Å². The van der Waals surface area contributed by atoms with Crippen LogP contribution in [0.2, 0.25) is 0 Å². The lowest BCUT2D eigenvalue weighted by molar-refractivity contribution is -0.162. The first-order valence-electron chi connectivity index (χ1n) is 9.18. The number of thiophene rings is 1. The zero-order chi connectivity index (χ0) is 22.9. The molecule has 0 aromatic carbocycles. The highest BCUT2D eigenvalue weighted by Gasteiger charge is 2.65. The van der Waals surface area contributed by atoms with Crippen LogP contribution in [0.4, 0.5) is 0 Å². The fourth-order valence-electron chi connectivity index (χ4n) is 3.44. The molecule has 0 bridgehead atoms. The third kappa shape index (κ3) is 3.86. The van der Waals surface area contributed by atoms with Gasteiger partial charge in [0.1, 0.15) is 11.1 Å². The maximum absolute atomic E-state index is 13.1. The smallest absolute Gasteiger partial charge is 0.352 e. The number of carbonyl (C=O) groups is 4. The minimum atomic E-state index is -1.70. The fraction of sp³-hybridized carbons (Fsp3) is 0.353. The Labute approximate surface area is 193 Å². The Morgan fingerprint density at radius 3 is 2.91 bits per heavy atom. The molecule has 3 N–H and O–H groups in total. The molecule has 0 saturated carbocycles. The van der Waals surface area contributed by atoms with Gasteiger partial charge in [-0.25, -0.2) is 9.48 Å². The molecule has 2 aliphatic heterocycles. The Morgan fingerprint density at radius 2 is 2.28 bits per heavy atom. The van der Waals surface area contributed by atoms with E-state index >= 15 is 0 Å². The first-order valence-corrected chi connectivity index (χ1v) is 12.1. The van der Waals surface area contributed by atoms with Crippen molar-refractivity contribution in [2.24, 2.45) is 7.05 Å². The first kappa shape index (κ1) is 22.3. The lowest BCUT2D eigenvalue weighted by Gasteiger charge is -2.56. The number of hydrogen-bond acceptors (Lipinski definition) is 10. The SMILES string of the molecule is Cn1nnnc1SCC1=C(C(=O)O)N2C(=O)[C@@](NC=O)(NC(=O)Cc3cccs3)[C@@H]2SC1. The zero-order valence-corrected chi connectivity index (χ0v) is 19.0. The van der Waals surface area contributed by atoms with Crippen LogP contribution in [-0.2, 0) is 32.6 Å².